The summed E-state index contributed by atoms with van der Waals surface area (Å²) >= 11 is 0. The van der Waals surface area contributed by atoms with Gasteiger partial charge in [0.2, 0.25) is 10.0 Å². The summed E-state index contributed by atoms with van der Waals surface area (Å²) in [6.45, 7) is 0.714. The van der Waals surface area contributed by atoms with E-state index in [1.165, 1.54) is 10.6 Å². The fourth-order valence-electron chi connectivity index (χ4n) is 2.44. The van der Waals surface area contributed by atoms with E-state index in [2.05, 4.69) is 10.3 Å². The van der Waals surface area contributed by atoms with Gasteiger partial charge in [0.1, 0.15) is 0 Å². The van der Waals surface area contributed by atoms with Crippen LogP contribution in [0.25, 0.3) is 0 Å². The molecule has 1 aromatic rings. The molecule has 0 unspecified atom stereocenters. The summed E-state index contributed by atoms with van der Waals surface area (Å²) in [5.41, 5.74) is 2.34. The van der Waals surface area contributed by atoms with E-state index in [-0.39, 0.29) is 5.91 Å². The Morgan fingerprint density at radius 2 is 2.15 bits per heavy atom. The Kier molecular flexibility index (Phi) is 3.25. The molecular formula is C13H17N3O3S. The van der Waals surface area contributed by atoms with Gasteiger partial charge in [-0.05, 0) is 30.4 Å². The van der Waals surface area contributed by atoms with Crippen molar-refractivity contribution in [3.05, 3.63) is 29.1 Å². The van der Waals surface area contributed by atoms with Crippen LogP contribution in [0.3, 0.4) is 0 Å². The molecule has 7 heteroatoms. The van der Waals surface area contributed by atoms with Crippen LogP contribution in [0.5, 0.6) is 0 Å². The van der Waals surface area contributed by atoms with Gasteiger partial charge in [-0.1, -0.05) is 0 Å². The summed E-state index contributed by atoms with van der Waals surface area (Å²) in [6.07, 6.45) is 7.06. The Labute approximate surface area is 118 Å². The Morgan fingerprint density at radius 1 is 1.40 bits per heavy atom. The van der Waals surface area contributed by atoms with E-state index in [4.69, 9.17) is 0 Å². The third-order valence-corrected chi connectivity index (χ3v) is 4.98. The molecule has 6 nitrogen and oxygen atoms in total. The molecular weight excluding hydrogens is 278 g/mol. The fraction of sp³-hybridized carbons (Fsp3) is 0.538. The lowest BCUT2D eigenvalue weighted by molar-refractivity contribution is 0.0949. The van der Waals surface area contributed by atoms with Crippen molar-refractivity contribution in [2.75, 3.05) is 12.8 Å². The first-order chi connectivity index (χ1) is 9.45. The number of pyridine rings is 1. The zero-order chi connectivity index (χ0) is 14.3. The maximum Gasteiger partial charge on any atom is 0.253 e. The van der Waals surface area contributed by atoms with Gasteiger partial charge >= 0.3 is 0 Å². The van der Waals surface area contributed by atoms with E-state index in [0.717, 1.165) is 24.0 Å². The molecule has 1 amide bonds. The number of hydrogen-bond acceptors (Lipinski definition) is 4. The van der Waals surface area contributed by atoms with E-state index in [1.54, 1.807) is 12.4 Å². The van der Waals surface area contributed by atoms with Gasteiger partial charge in [-0.25, -0.2) is 8.42 Å². The second kappa shape index (κ2) is 4.82. The minimum atomic E-state index is -3.21. The molecule has 3 rings (SSSR count). The molecule has 0 atom stereocenters. The van der Waals surface area contributed by atoms with Crippen LogP contribution >= 0.6 is 0 Å². The average Bonchev–Trinajstić information content (AvgIpc) is 3.20. The summed E-state index contributed by atoms with van der Waals surface area (Å²) in [5, 5.41) is 2.95. The van der Waals surface area contributed by atoms with Gasteiger partial charge < -0.3 is 5.32 Å². The van der Waals surface area contributed by atoms with Crippen LogP contribution in [0.1, 0.15) is 34.3 Å². The van der Waals surface area contributed by atoms with E-state index in [9.17, 15) is 13.2 Å². The van der Waals surface area contributed by atoms with Gasteiger partial charge in [0.05, 0.1) is 11.8 Å². The number of nitrogens with zero attached hydrogens (tertiary/aromatic N) is 2. The van der Waals surface area contributed by atoms with E-state index < -0.39 is 10.0 Å². The monoisotopic (exact) mass is 295 g/mol. The van der Waals surface area contributed by atoms with Crippen LogP contribution in [0.4, 0.5) is 0 Å². The highest BCUT2D eigenvalue weighted by Crippen LogP contribution is 2.24. The van der Waals surface area contributed by atoms with Gasteiger partial charge in [-0.15, -0.1) is 0 Å². The Balaban J connectivity index is 1.87. The lowest BCUT2D eigenvalue weighted by Gasteiger charge is -2.27. The number of nitrogens with one attached hydrogen (secondary N) is 1. The summed E-state index contributed by atoms with van der Waals surface area (Å²) < 4.78 is 24.6. The summed E-state index contributed by atoms with van der Waals surface area (Å²) in [5.74, 6) is -0.0929. The van der Waals surface area contributed by atoms with Crippen LogP contribution in [0.15, 0.2) is 12.4 Å². The zero-order valence-corrected chi connectivity index (χ0v) is 12.1. The molecule has 2 heterocycles. The molecule has 1 N–H and O–H groups in total. The van der Waals surface area contributed by atoms with Crippen molar-refractivity contribution in [1.29, 1.82) is 0 Å². The molecule has 108 valence electrons. The van der Waals surface area contributed by atoms with Crippen molar-refractivity contribution in [3.63, 3.8) is 0 Å². The maximum absolute atomic E-state index is 12.2. The molecule has 0 radical (unpaired) electrons. The van der Waals surface area contributed by atoms with Crippen molar-refractivity contribution < 1.29 is 13.2 Å². The van der Waals surface area contributed by atoms with Gasteiger partial charge in [0, 0.05) is 31.5 Å². The second-order valence-electron chi connectivity index (χ2n) is 5.42. The van der Waals surface area contributed by atoms with E-state index in [1.807, 2.05) is 0 Å². The average molecular weight is 295 g/mol. The molecule has 1 aliphatic carbocycles. The number of hydrogen-bond donors (Lipinski definition) is 1. The van der Waals surface area contributed by atoms with Crippen LogP contribution in [-0.4, -0.2) is 42.5 Å². The predicted molar refractivity (Wildman–Crippen MR) is 73.7 cm³/mol. The molecule has 0 spiro atoms. The normalized spacial score (nSPS) is 19.4. The van der Waals surface area contributed by atoms with Gasteiger partial charge in [0.25, 0.3) is 5.91 Å². The van der Waals surface area contributed by atoms with Crippen LogP contribution in [0.2, 0.25) is 0 Å². The maximum atomic E-state index is 12.2. The number of sulfonamides is 1. The second-order valence-corrected chi connectivity index (χ2v) is 7.40. The highest BCUT2D eigenvalue weighted by Gasteiger charge is 2.29. The highest BCUT2D eigenvalue weighted by atomic mass is 32.2. The third-order valence-electron chi connectivity index (χ3n) is 3.73. The molecule has 1 aliphatic heterocycles. The molecule has 0 saturated heterocycles. The topological polar surface area (TPSA) is 79.4 Å². The van der Waals surface area contributed by atoms with E-state index >= 15 is 0 Å². The fourth-order valence-corrected chi connectivity index (χ4v) is 3.23. The minimum Gasteiger partial charge on any atom is -0.349 e. The Morgan fingerprint density at radius 3 is 2.80 bits per heavy atom. The molecule has 1 fully saturated rings. The molecule has 1 aromatic heterocycles. The van der Waals surface area contributed by atoms with Crippen molar-refractivity contribution in [1.82, 2.24) is 14.6 Å². The smallest absolute Gasteiger partial charge is 0.253 e. The lowest BCUT2D eigenvalue weighted by atomic mass is 9.98. The number of aromatic nitrogens is 1. The van der Waals surface area contributed by atoms with Gasteiger partial charge in [0.15, 0.2) is 0 Å². The van der Waals surface area contributed by atoms with Crippen molar-refractivity contribution in [2.45, 2.75) is 31.8 Å². The van der Waals surface area contributed by atoms with Crippen molar-refractivity contribution in [2.24, 2.45) is 0 Å². The lowest BCUT2D eigenvalue weighted by Crippen LogP contribution is -2.37. The quantitative estimate of drug-likeness (QED) is 0.869. The van der Waals surface area contributed by atoms with E-state index in [0.29, 0.717) is 31.1 Å². The third kappa shape index (κ3) is 2.69. The zero-order valence-electron chi connectivity index (χ0n) is 11.3. The van der Waals surface area contributed by atoms with Gasteiger partial charge in [-0.2, -0.15) is 4.31 Å². The first kappa shape index (κ1) is 13.5. The summed E-state index contributed by atoms with van der Waals surface area (Å²) in [6, 6.07) is 0.300. The number of carbonyl (C=O) groups is 1. The first-order valence-electron chi connectivity index (χ1n) is 6.67. The van der Waals surface area contributed by atoms with Gasteiger partial charge in [-0.3, -0.25) is 9.78 Å². The molecule has 0 aromatic carbocycles. The Hall–Kier alpha value is -1.47. The van der Waals surface area contributed by atoms with Crippen LogP contribution in [0, 0.1) is 0 Å². The standard InChI is InChI=1S/C13H17N3O3S/c1-20(18,19)16-5-4-11-9(8-16)6-14-7-12(11)13(17)15-10-2-3-10/h6-7,10H,2-5,8H2,1H3,(H,15,17). The number of carbonyl (C=O) groups excluding carboxylic acids is 1. The molecule has 0 bridgehead atoms. The predicted octanol–water partition coefficient (Wildman–Crippen LogP) is 0.291. The highest BCUT2D eigenvalue weighted by molar-refractivity contribution is 7.88. The van der Waals surface area contributed by atoms with Crippen molar-refractivity contribution >= 4 is 15.9 Å². The molecule has 20 heavy (non-hydrogen) atoms. The Bertz CT molecular complexity index is 653. The van der Waals surface area contributed by atoms with Crippen LogP contribution < -0.4 is 5.32 Å². The molecule has 1 saturated carbocycles. The summed E-state index contributed by atoms with van der Waals surface area (Å²) in [4.78, 5) is 16.2. The largest absolute Gasteiger partial charge is 0.349 e. The SMILES string of the molecule is CS(=O)(=O)N1CCc2c(cncc2C(=O)NC2CC2)C1. The number of amides is 1. The first-order valence-corrected chi connectivity index (χ1v) is 8.52. The summed E-state index contributed by atoms with van der Waals surface area (Å²) in [7, 11) is -3.21. The number of fused-ring (bicyclic) bond motifs is 1. The van der Waals surface area contributed by atoms with Crippen LogP contribution in [-0.2, 0) is 23.0 Å². The van der Waals surface area contributed by atoms with Crippen molar-refractivity contribution in [3.8, 4) is 0 Å². The minimum absolute atomic E-state index is 0.0929. The number of rotatable bonds is 3. The molecule has 2 aliphatic rings.